The molecule has 3 aromatic carbocycles. The Morgan fingerprint density at radius 2 is 1.47 bits per heavy atom. The summed E-state index contributed by atoms with van der Waals surface area (Å²) in [6.45, 7) is 0. The number of carbonyl (C=O) groups is 3. The summed E-state index contributed by atoms with van der Waals surface area (Å²) >= 11 is 0. The van der Waals surface area contributed by atoms with Crippen molar-refractivity contribution < 1.29 is 19.5 Å². The Labute approximate surface area is 197 Å². The monoisotopic (exact) mass is 456 g/mol. The highest BCUT2D eigenvalue weighted by atomic mass is 16.3. The standard InChI is InChI=1S/C26H24N4O4/c27-16-18-13-11-17(12-14-18)15-21(24(28)32)29-26(34)23(31)22(19-7-3-1-4-8-19)30-25(33)20-9-5-2-6-10-20/h1-14,21-23,31H,15H2,(H2,28,32)(H,29,34)(H,30,33)/t21-,22+,23-/m1/s1. The maximum atomic E-state index is 12.9. The lowest BCUT2D eigenvalue weighted by Crippen LogP contribution is -2.52. The molecule has 3 rings (SSSR count). The van der Waals surface area contributed by atoms with Crippen molar-refractivity contribution in [2.75, 3.05) is 0 Å². The molecule has 0 aliphatic carbocycles. The van der Waals surface area contributed by atoms with Gasteiger partial charge in [-0.15, -0.1) is 0 Å². The third kappa shape index (κ3) is 6.28. The Balaban J connectivity index is 1.77. The van der Waals surface area contributed by atoms with Gasteiger partial charge in [0.2, 0.25) is 5.91 Å². The van der Waals surface area contributed by atoms with Crippen molar-refractivity contribution in [3.8, 4) is 6.07 Å². The van der Waals surface area contributed by atoms with Crippen LogP contribution in [0.1, 0.15) is 33.1 Å². The molecule has 8 nitrogen and oxygen atoms in total. The summed E-state index contributed by atoms with van der Waals surface area (Å²) in [7, 11) is 0. The second-order valence-electron chi connectivity index (χ2n) is 7.65. The Morgan fingerprint density at radius 1 is 0.882 bits per heavy atom. The third-order valence-electron chi connectivity index (χ3n) is 5.25. The van der Waals surface area contributed by atoms with Crippen LogP contribution in [0.4, 0.5) is 0 Å². The van der Waals surface area contributed by atoms with E-state index in [9.17, 15) is 19.5 Å². The first-order chi connectivity index (χ1) is 16.4. The number of primary amides is 1. The zero-order valence-corrected chi connectivity index (χ0v) is 18.2. The van der Waals surface area contributed by atoms with Crippen LogP contribution in [0.15, 0.2) is 84.9 Å². The van der Waals surface area contributed by atoms with Crippen LogP contribution in [0.5, 0.6) is 0 Å². The molecule has 0 radical (unpaired) electrons. The molecule has 0 fully saturated rings. The summed E-state index contributed by atoms with van der Waals surface area (Å²) in [6, 6.07) is 23.3. The zero-order chi connectivity index (χ0) is 24.5. The molecule has 8 heteroatoms. The maximum Gasteiger partial charge on any atom is 0.252 e. The topological polar surface area (TPSA) is 145 Å². The summed E-state index contributed by atoms with van der Waals surface area (Å²) in [5.41, 5.74) is 7.49. The van der Waals surface area contributed by atoms with Crippen molar-refractivity contribution in [2.24, 2.45) is 5.73 Å². The van der Waals surface area contributed by atoms with Gasteiger partial charge in [0, 0.05) is 12.0 Å². The molecule has 0 spiro atoms. The molecule has 3 aromatic rings. The van der Waals surface area contributed by atoms with E-state index in [0.29, 0.717) is 22.3 Å². The number of hydrogen-bond donors (Lipinski definition) is 4. The van der Waals surface area contributed by atoms with E-state index < -0.39 is 35.9 Å². The molecular formula is C26H24N4O4. The van der Waals surface area contributed by atoms with Crippen molar-refractivity contribution in [3.05, 3.63) is 107 Å². The van der Waals surface area contributed by atoms with E-state index in [2.05, 4.69) is 10.6 Å². The molecule has 0 unspecified atom stereocenters. The minimum Gasteiger partial charge on any atom is -0.381 e. The van der Waals surface area contributed by atoms with E-state index in [1.807, 2.05) is 6.07 Å². The lowest BCUT2D eigenvalue weighted by atomic mass is 9.99. The number of rotatable bonds is 9. The van der Waals surface area contributed by atoms with E-state index in [0.717, 1.165) is 0 Å². The second kappa shape index (κ2) is 11.4. The molecule has 0 aliphatic rings. The molecule has 34 heavy (non-hydrogen) atoms. The molecule has 5 N–H and O–H groups in total. The molecule has 3 atom stereocenters. The van der Waals surface area contributed by atoms with E-state index in [-0.39, 0.29) is 6.42 Å². The van der Waals surface area contributed by atoms with Crippen LogP contribution in [0.3, 0.4) is 0 Å². The lowest BCUT2D eigenvalue weighted by molar-refractivity contribution is -0.134. The number of nitrogens with two attached hydrogens (primary N) is 1. The Hall–Kier alpha value is -4.48. The molecule has 0 aliphatic heterocycles. The molecular weight excluding hydrogens is 432 g/mol. The molecule has 0 bridgehead atoms. The highest BCUT2D eigenvalue weighted by Crippen LogP contribution is 2.19. The van der Waals surface area contributed by atoms with E-state index in [1.54, 1.807) is 84.9 Å². The minimum atomic E-state index is -1.70. The van der Waals surface area contributed by atoms with E-state index >= 15 is 0 Å². The highest BCUT2D eigenvalue weighted by Gasteiger charge is 2.31. The fourth-order valence-electron chi connectivity index (χ4n) is 3.40. The minimum absolute atomic E-state index is 0.0753. The van der Waals surface area contributed by atoms with Crippen LogP contribution in [0.2, 0.25) is 0 Å². The van der Waals surface area contributed by atoms with Gasteiger partial charge in [-0.05, 0) is 35.4 Å². The number of benzene rings is 3. The predicted octanol–water partition coefficient (Wildman–Crippen LogP) is 1.60. The van der Waals surface area contributed by atoms with Gasteiger partial charge in [0.1, 0.15) is 6.04 Å². The van der Waals surface area contributed by atoms with Gasteiger partial charge in [0.25, 0.3) is 11.8 Å². The second-order valence-corrected chi connectivity index (χ2v) is 7.65. The first kappa shape index (κ1) is 24.2. The normalized spacial score (nSPS) is 13.1. The van der Waals surface area contributed by atoms with Crippen LogP contribution in [-0.4, -0.2) is 35.0 Å². The van der Waals surface area contributed by atoms with Crippen LogP contribution >= 0.6 is 0 Å². The van der Waals surface area contributed by atoms with Gasteiger partial charge in [-0.3, -0.25) is 14.4 Å². The smallest absolute Gasteiger partial charge is 0.252 e. The van der Waals surface area contributed by atoms with Gasteiger partial charge >= 0.3 is 0 Å². The summed E-state index contributed by atoms with van der Waals surface area (Å²) < 4.78 is 0. The Bertz CT molecular complexity index is 1170. The predicted molar refractivity (Wildman–Crippen MR) is 125 cm³/mol. The summed E-state index contributed by atoms with van der Waals surface area (Å²) in [6.07, 6.45) is -1.62. The Morgan fingerprint density at radius 3 is 2.03 bits per heavy atom. The van der Waals surface area contributed by atoms with E-state index in [1.165, 1.54) is 0 Å². The number of nitriles is 1. The highest BCUT2D eigenvalue weighted by molar-refractivity contribution is 5.95. The molecule has 3 amide bonds. The van der Waals surface area contributed by atoms with Gasteiger partial charge in [0.15, 0.2) is 6.10 Å². The summed E-state index contributed by atoms with van der Waals surface area (Å²) in [4.78, 5) is 37.6. The van der Waals surface area contributed by atoms with Crippen molar-refractivity contribution >= 4 is 17.7 Å². The van der Waals surface area contributed by atoms with Crippen LogP contribution in [0.25, 0.3) is 0 Å². The fourth-order valence-corrected chi connectivity index (χ4v) is 3.40. The number of hydrogen-bond acceptors (Lipinski definition) is 5. The fraction of sp³-hybridized carbons (Fsp3) is 0.154. The van der Waals surface area contributed by atoms with Crippen LogP contribution in [-0.2, 0) is 16.0 Å². The number of aliphatic hydroxyl groups excluding tert-OH is 1. The number of nitrogens with one attached hydrogen (secondary N) is 2. The average Bonchev–Trinajstić information content (AvgIpc) is 2.87. The molecule has 172 valence electrons. The SMILES string of the molecule is N#Cc1ccc(C[C@@H](NC(=O)[C@H](O)[C@@H](NC(=O)c2ccccc2)c2ccccc2)C(N)=O)cc1. The zero-order valence-electron chi connectivity index (χ0n) is 18.2. The van der Waals surface area contributed by atoms with Gasteiger partial charge < -0.3 is 21.5 Å². The number of amides is 3. The maximum absolute atomic E-state index is 12.9. The summed E-state index contributed by atoms with van der Waals surface area (Å²) in [5.74, 6) is -2.11. The molecule has 0 heterocycles. The number of carbonyl (C=O) groups excluding carboxylic acids is 3. The van der Waals surface area contributed by atoms with Gasteiger partial charge in [-0.2, -0.15) is 5.26 Å². The van der Waals surface area contributed by atoms with Crippen molar-refractivity contribution in [1.82, 2.24) is 10.6 Å². The van der Waals surface area contributed by atoms with Crippen molar-refractivity contribution in [2.45, 2.75) is 24.6 Å². The first-order valence-electron chi connectivity index (χ1n) is 10.6. The Kier molecular flexibility index (Phi) is 8.11. The lowest BCUT2D eigenvalue weighted by Gasteiger charge is -2.26. The molecule has 0 saturated carbocycles. The summed E-state index contributed by atoms with van der Waals surface area (Å²) in [5, 5.41) is 25.0. The van der Waals surface area contributed by atoms with Crippen molar-refractivity contribution in [1.29, 1.82) is 5.26 Å². The number of nitrogens with zero attached hydrogens (tertiary/aromatic N) is 1. The van der Waals surface area contributed by atoms with Crippen molar-refractivity contribution in [3.63, 3.8) is 0 Å². The average molecular weight is 457 g/mol. The molecule has 0 saturated heterocycles. The van der Waals surface area contributed by atoms with E-state index in [4.69, 9.17) is 11.0 Å². The largest absolute Gasteiger partial charge is 0.381 e. The van der Waals surface area contributed by atoms with Crippen LogP contribution in [0, 0.1) is 11.3 Å². The van der Waals surface area contributed by atoms with Gasteiger partial charge in [-0.1, -0.05) is 60.7 Å². The first-order valence-corrected chi connectivity index (χ1v) is 10.6. The third-order valence-corrected chi connectivity index (χ3v) is 5.25. The van der Waals surface area contributed by atoms with Crippen LogP contribution < -0.4 is 16.4 Å². The molecule has 0 aromatic heterocycles. The quantitative estimate of drug-likeness (QED) is 0.386. The van der Waals surface area contributed by atoms with Gasteiger partial charge in [0.05, 0.1) is 17.7 Å². The van der Waals surface area contributed by atoms with Gasteiger partial charge in [-0.25, -0.2) is 0 Å². The number of aliphatic hydroxyl groups is 1.